The van der Waals surface area contributed by atoms with Crippen molar-refractivity contribution in [3.05, 3.63) is 11.9 Å². The summed E-state index contributed by atoms with van der Waals surface area (Å²) in [5.41, 5.74) is 0. The van der Waals surface area contributed by atoms with Crippen molar-refractivity contribution in [2.45, 2.75) is 32.0 Å². The van der Waals surface area contributed by atoms with E-state index in [0.717, 1.165) is 6.42 Å². The van der Waals surface area contributed by atoms with E-state index in [9.17, 15) is 13.2 Å². The molecule has 0 aromatic carbocycles. The molecule has 0 aliphatic carbocycles. The van der Waals surface area contributed by atoms with Crippen molar-refractivity contribution in [1.82, 2.24) is 9.97 Å². The molecule has 1 aromatic heterocycles. The van der Waals surface area contributed by atoms with Gasteiger partial charge in [-0.1, -0.05) is 6.92 Å². The van der Waals surface area contributed by atoms with E-state index in [0.29, 0.717) is 26.2 Å². The first kappa shape index (κ1) is 14.8. The molecule has 1 aliphatic heterocycles. The fraction of sp³-hybridized carbons (Fsp3) is 0.667. The Morgan fingerprint density at radius 3 is 2.85 bits per heavy atom. The summed E-state index contributed by atoms with van der Waals surface area (Å²) in [6.45, 7) is 3.35. The highest BCUT2D eigenvalue weighted by Crippen LogP contribution is 2.29. The van der Waals surface area contributed by atoms with Crippen LogP contribution in [0, 0.1) is 0 Å². The van der Waals surface area contributed by atoms with Crippen LogP contribution in [0.25, 0.3) is 0 Å². The van der Waals surface area contributed by atoms with E-state index < -0.39 is 12.0 Å². The molecule has 1 aliphatic rings. The van der Waals surface area contributed by atoms with Gasteiger partial charge in [-0.25, -0.2) is 4.98 Å². The molecule has 112 valence electrons. The van der Waals surface area contributed by atoms with E-state index >= 15 is 0 Å². The highest BCUT2D eigenvalue weighted by molar-refractivity contribution is 5.38. The maximum absolute atomic E-state index is 12.8. The molecule has 5 nitrogen and oxygen atoms in total. The van der Waals surface area contributed by atoms with E-state index in [4.69, 9.17) is 9.47 Å². The SMILES string of the molecule is CCCNc1cc(OC2CCOC2)nc(C(F)(F)F)n1. The van der Waals surface area contributed by atoms with E-state index in [-0.39, 0.29) is 17.8 Å². The van der Waals surface area contributed by atoms with Gasteiger partial charge < -0.3 is 14.8 Å². The first-order valence-electron chi connectivity index (χ1n) is 6.43. The van der Waals surface area contributed by atoms with Gasteiger partial charge in [-0.2, -0.15) is 18.2 Å². The van der Waals surface area contributed by atoms with Crippen molar-refractivity contribution in [2.24, 2.45) is 0 Å². The molecule has 1 fully saturated rings. The number of alkyl halides is 3. The van der Waals surface area contributed by atoms with Crippen LogP contribution in [-0.2, 0) is 10.9 Å². The Hall–Kier alpha value is -1.57. The largest absolute Gasteiger partial charge is 0.472 e. The summed E-state index contributed by atoms with van der Waals surface area (Å²) in [7, 11) is 0. The third-order valence-electron chi connectivity index (χ3n) is 2.69. The van der Waals surface area contributed by atoms with Gasteiger partial charge in [-0.05, 0) is 6.42 Å². The second-order valence-electron chi connectivity index (χ2n) is 4.44. The normalized spacial score (nSPS) is 19.1. The number of hydrogen-bond acceptors (Lipinski definition) is 5. The van der Waals surface area contributed by atoms with Crippen LogP contribution in [0.4, 0.5) is 19.0 Å². The van der Waals surface area contributed by atoms with Crippen molar-refractivity contribution < 1.29 is 22.6 Å². The van der Waals surface area contributed by atoms with Gasteiger partial charge in [-0.15, -0.1) is 0 Å². The molecule has 1 atom stereocenters. The zero-order chi connectivity index (χ0) is 14.6. The number of halogens is 3. The minimum atomic E-state index is -4.60. The summed E-state index contributed by atoms with van der Waals surface area (Å²) >= 11 is 0. The van der Waals surface area contributed by atoms with Gasteiger partial charge in [0.1, 0.15) is 11.9 Å². The Morgan fingerprint density at radius 2 is 2.25 bits per heavy atom. The minimum Gasteiger partial charge on any atom is -0.472 e. The molecule has 8 heteroatoms. The molecule has 2 rings (SSSR count). The average Bonchev–Trinajstić information content (AvgIpc) is 2.88. The average molecular weight is 291 g/mol. The second kappa shape index (κ2) is 6.25. The zero-order valence-corrected chi connectivity index (χ0v) is 11.0. The molecule has 2 heterocycles. The lowest BCUT2D eigenvalue weighted by atomic mass is 10.3. The number of nitrogens with zero attached hydrogens (tertiary/aromatic N) is 2. The predicted molar refractivity (Wildman–Crippen MR) is 65.7 cm³/mol. The summed E-state index contributed by atoms with van der Waals surface area (Å²) in [5.74, 6) is -1.17. The molecule has 0 amide bonds. The van der Waals surface area contributed by atoms with Crippen LogP contribution >= 0.6 is 0 Å². The number of ether oxygens (including phenoxy) is 2. The molecule has 1 N–H and O–H groups in total. The van der Waals surface area contributed by atoms with Crippen molar-refractivity contribution >= 4 is 5.82 Å². The van der Waals surface area contributed by atoms with E-state index in [1.165, 1.54) is 6.07 Å². The van der Waals surface area contributed by atoms with Gasteiger partial charge in [0.05, 0.1) is 13.2 Å². The maximum atomic E-state index is 12.8. The summed E-state index contributed by atoms with van der Waals surface area (Å²) in [5, 5.41) is 2.81. The van der Waals surface area contributed by atoms with Crippen LogP contribution in [0.1, 0.15) is 25.6 Å². The number of hydrogen-bond donors (Lipinski definition) is 1. The molecule has 0 bridgehead atoms. The third-order valence-corrected chi connectivity index (χ3v) is 2.69. The zero-order valence-electron chi connectivity index (χ0n) is 11.0. The summed E-state index contributed by atoms with van der Waals surface area (Å²) in [6, 6.07) is 1.38. The number of aromatic nitrogens is 2. The Bertz CT molecular complexity index is 448. The monoisotopic (exact) mass is 291 g/mol. The van der Waals surface area contributed by atoms with Crippen LogP contribution in [0.5, 0.6) is 5.88 Å². The Kier molecular flexibility index (Phi) is 4.64. The number of anilines is 1. The van der Waals surface area contributed by atoms with Crippen LogP contribution in [0.2, 0.25) is 0 Å². The summed E-state index contributed by atoms with van der Waals surface area (Å²) < 4.78 is 48.8. The lowest BCUT2D eigenvalue weighted by Crippen LogP contribution is -2.19. The number of nitrogens with one attached hydrogen (secondary N) is 1. The van der Waals surface area contributed by atoms with Crippen LogP contribution in [-0.4, -0.2) is 35.8 Å². The first-order chi connectivity index (χ1) is 9.49. The van der Waals surface area contributed by atoms with Crippen molar-refractivity contribution in [2.75, 3.05) is 25.1 Å². The lowest BCUT2D eigenvalue weighted by molar-refractivity contribution is -0.145. The Balaban J connectivity index is 2.19. The van der Waals surface area contributed by atoms with Crippen molar-refractivity contribution in [1.29, 1.82) is 0 Å². The molecule has 0 saturated carbocycles. The molecule has 1 aromatic rings. The highest BCUT2D eigenvalue weighted by atomic mass is 19.4. The van der Waals surface area contributed by atoms with Gasteiger partial charge in [0.25, 0.3) is 0 Å². The molecule has 1 unspecified atom stereocenters. The van der Waals surface area contributed by atoms with Gasteiger partial charge >= 0.3 is 6.18 Å². The predicted octanol–water partition coefficient (Wildman–Crippen LogP) is 2.49. The van der Waals surface area contributed by atoms with Crippen molar-refractivity contribution in [3.8, 4) is 5.88 Å². The van der Waals surface area contributed by atoms with Crippen LogP contribution < -0.4 is 10.1 Å². The minimum absolute atomic E-state index is 0.0820. The molecule has 20 heavy (non-hydrogen) atoms. The third kappa shape index (κ3) is 3.96. The summed E-state index contributed by atoms with van der Waals surface area (Å²) in [6.07, 6.45) is -3.44. The number of rotatable bonds is 5. The molecular formula is C12H16F3N3O2. The molecule has 1 saturated heterocycles. The van der Waals surface area contributed by atoms with Gasteiger partial charge in [0.2, 0.25) is 11.7 Å². The fourth-order valence-electron chi connectivity index (χ4n) is 1.73. The van der Waals surface area contributed by atoms with Gasteiger partial charge in [0, 0.05) is 19.0 Å². The van der Waals surface area contributed by atoms with Crippen LogP contribution in [0.15, 0.2) is 6.07 Å². The summed E-state index contributed by atoms with van der Waals surface area (Å²) in [4.78, 5) is 6.88. The van der Waals surface area contributed by atoms with E-state index in [1.54, 1.807) is 0 Å². The molecule has 0 spiro atoms. The molecular weight excluding hydrogens is 275 g/mol. The van der Waals surface area contributed by atoms with E-state index in [1.807, 2.05) is 6.92 Å². The van der Waals surface area contributed by atoms with E-state index in [2.05, 4.69) is 15.3 Å². The smallest absolute Gasteiger partial charge is 0.451 e. The fourth-order valence-corrected chi connectivity index (χ4v) is 1.73. The second-order valence-corrected chi connectivity index (χ2v) is 4.44. The van der Waals surface area contributed by atoms with Crippen molar-refractivity contribution in [3.63, 3.8) is 0 Å². The topological polar surface area (TPSA) is 56.3 Å². The molecule has 0 radical (unpaired) electrons. The van der Waals surface area contributed by atoms with Gasteiger partial charge in [0.15, 0.2) is 0 Å². The standard InChI is InChI=1S/C12H16F3N3O2/c1-2-4-16-9-6-10(20-8-3-5-19-7-8)18-11(17-9)12(13,14)15/h6,8H,2-5,7H2,1H3,(H,16,17,18). The lowest BCUT2D eigenvalue weighted by Gasteiger charge is -2.14. The maximum Gasteiger partial charge on any atom is 0.451 e. The highest BCUT2D eigenvalue weighted by Gasteiger charge is 2.36. The van der Waals surface area contributed by atoms with Crippen LogP contribution in [0.3, 0.4) is 0 Å². The quantitative estimate of drug-likeness (QED) is 0.903. The Labute approximate surface area is 114 Å². The van der Waals surface area contributed by atoms with Gasteiger partial charge in [-0.3, -0.25) is 0 Å². The first-order valence-corrected chi connectivity index (χ1v) is 6.43. The Morgan fingerprint density at radius 1 is 1.45 bits per heavy atom.